The van der Waals surface area contributed by atoms with Gasteiger partial charge in [-0.2, -0.15) is 0 Å². The van der Waals surface area contributed by atoms with Gasteiger partial charge in [-0.1, -0.05) is 0 Å². The van der Waals surface area contributed by atoms with E-state index in [0.717, 1.165) is 21.3 Å². The molecule has 0 aliphatic rings. The van der Waals surface area contributed by atoms with Gasteiger partial charge in [0.1, 0.15) is 6.54 Å². The van der Waals surface area contributed by atoms with Crippen LogP contribution in [0.2, 0.25) is 0 Å². The molecule has 0 radical (unpaired) electrons. The lowest BCUT2D eigenvalue weighted by Crippen LogP contribution is -2.37. The number of carboxylic acids is 1. The van der Waals surface area contributed by atoms with Gasteiger partial charge >= 0.3 is 5.97 Å². The topological polar surface area (TPSA) is 79.7 Å². The first kappa shape index (κ1) is 19.4. The number of nitrogens with zero attached hydrogens (tertiary/aromatic N) is 2. The predicted molar refractivity (Wildman–Crippen MR) is 98.3 cm³/mol. The van der Waals surface area contributed by atoms with Crippen molar-refractivity contribution in [2.75, 3.05) is 26.8 Å². The number of carboxylic acid groups (broad SMARTS) is 1. The van der Waals surface area contributed by atoms with Gasteiger partial charge in [-0.3, -0.25) is 9.59 Å². The van der Waals surface area contributed by atoms with E-state index in [1.165, 1.54) is 12.0 Å². The van der Waals surface area contributed by atoms with E-state index in [9.17, 15) is 9.59 Å². The standard InChI is InChI=1S/C17H20N2O4S2/c1-12-18-14(10-24-12)11-25-15-5-3-13(4-6-15)17(22)19(7-8-23-2)9-16(20)21/h3-6,10H,7-9,11H2,1-2H3,(H,20,21). The Balaban J connectivity index is 1.98. The summed E-state index contributed by atoms with van der Waals surface area (Å²) in [6.07, 6.45) is 0. The highest BCUT2D eigenvalue weighted by Gasteiger charge is 2.18. The number of benzene rings is 1. The summed E-state index contributed by atoms with van der Waals surface area (Å²) in [5, 5.41) is 12.0. The van der Waals surface area contributed by atoms with E-state index in [2.05, 4.69) is 4.98 Å². The monoisotopic (exact) mass is 380 g/mol. The Morgan fingerprint density at radius 3 is 2.60 bits per heavy atom. The van der Waals surface area contributed by atoms with E-state index in [4.69, 9.17) is 9.84 Å². The number of thiazole rings is 1. The van der Waals surface area contributed by atoms with Crippen LogP contribution in [0.3, 0.4) is 0 Å². The summed E-state index contributed by atoms with van der Waals surface area (Å²) in [5.41, 5.74) is 1.51. The number of carbonyl (C=O) groups is 2. The Bertz CT molecular complexity index is 716. The quantitative estimate of drug-likeness (QED) is 0.674. The van der Waals surface area contributed by atoms with E-state index in [0.29, 0.717) is 12.2 Å². The fourth-order valence-electron chi connectivity index (χ4n) is 2.13. The Labute approximate surface area is 154 Å². The van der Waals surface area contributed by atoms with Crippen molar-refractivity contribution in [1.29, 1.82) is 0 Å². The molecule has 6 nitrogen and oxygen atoms in total. The van der Waals surface area contributed by atoms with Crippen molar-refractivity contribution in [2.45, 2.75) is 17.6 Å². The molecule has 0 saturated carbocycles. The summed E-state index contributed by atoms with van der Waals surface area (Å²) in [5.74, 6) is -0.585. The highest BCUT2D eigenvalue weighted by molar-refractivity contribution is 7.98. The lowest BCUT2D eigenvalue weighted by atomic mass is 10.2. The molecule has 0 aliphatic carbocycles. The van der Waals surface area contributed by atoms with Gasteiger partial charge < -0.3 is 14.7 Å². The highest BCUT2D eigenvalue weighted by atomic mass is 32.2. The molecule has 1 N–H and O–H groups in total. The first-order chi connectivity index (χ1) is 12.0. The first-order valence-electron chi connectivity index (χ1n) is 7.63. The fraction of sp³-hybridized carbons (Fsp3) is 0.353. The van der Waals surface area contributed by atoms with Gasteiger partial charge in [-0.15, -0.1) is 23.1 Å². The average molecular weight is 380 g/mol. The number of aryl methyl sites for hydroxylation is 1. The van der Waals surface area contributed by atoms with Crippen molar-refractivity contribution in [2.24, 2.45) is 0 Å². The maximum absolute atomic E-state index is 12.5. The molecule has 0 saturated heterocycles. The summed E-state index contributed by atoms with van der Waals surface area (Å²) in [4.78, 5) is 30.1. The molecule has 1 amide bonds. The lowest BCUT2D eigenvalue weighted by molar-refractivity contribution is -0.137. The Hall–Kier alpha value is -1.90. The van der Waals surface area contributed by atoms with Crippen LogP contribution in [-0.4, -0.2) is 53.7 Å². The molecule has 25 heavy (non-hydrogen) atoms. The average Bonchev–Trinajstić information content (AvgIpc) is 3.01. The van der Waals surface area contributed by atoms with Crippen molar-refractivity contribution < 1.29 is 19.4 Å². The minimum absolute atomic E-state index is 0.237. The molecular weight excluding hydrogens is 360 g/mol. The Morgan fingerprint density at radius 2 is 2.04 bits per heavy atom. The molecule has 2 rings (SSSR count). The van der Waals surface area contributed by atoms with Crippen LogP contribution < -0.4 is 0 Å². The molecule has 8 heteroatoms. The van der Waals surface area contributed by atoms with Crippen molar-refractivity contribution in [3.8, 4) is 0 Å². The number of aliphatic carboxylic acids is 1. The van der Waals surface area contributed by atoms with E-state index < -0.39 is 5.97 Å². The minimum Gasteiger partial charge on any atom is -0.480 e. The molecule has 1 heterocycles. The van der Waals surface area contributed by atoms with Gasteiger partial charge in [0.2, 0.25) is 0 Å². The molecule has 1 aromatic heterocycles. The van der Waals surface area contributed by atoms with E-state index in [-0.39, 0.29) is 19.0 Å². The normalized spacial score (nSPS) is 10.6. The number of hydrogen-bond donors (Lipinski definition) is 1. The molecule has 1 aromatic carbocycles. The van der Waals surface area contributed by atoms with Gasteiger partial charge in [0.15, 0.2) is 0 Å². The van der Waals surface area contributed by atoms with E-state index in [1.807, 2.05) is 24.4 Å². The number of thioether (sulfide) groups is 1. The number of aromatic nitrogens is 1. The summed E-state index contributed by atoms with van der Waals surface area (Å²) in [6.45, 7) is 2.16. The maximum atomic E-state index is 12.5. The van der Waals surface area contributed by atoms with Crippen LogP contribution in [0.25, 0.3) is 0 Å². The molecular formula is C17H20N2O4S2. The Kier molecular flexibility index (Phi) is 7.42. The van der Waals surface area contributed by atoms with Crippen LogP contribution in [-0.2, 0) is 15.3 Å². The predicted octanol–water partition coefficient (Wildman–Crippen LogP) is 2.92. The van der Waals surface area contributed by atoms with Gasteiger partial charge in [0.05, 0.1) is 17.3 Å². The second kappa shape index (κ2) is 9.55. The van der Waals surface area contributed by atoms with E-state index >= 15 is 0 Å². The van der Waals surface area contributed by atoms with Crippen molar-refractivity contribution >= 4 is 35.0 Å². The van der Waals surface area contributed by atoms with Crippen LogP contribution in [0.1, 0.15) is 21.1 Å². The maximum Gasteiger partial charge on any atom is 0.323 e. The van der Waals surface area contributed by atoms with Crippen LogP contribution in [0.4, 0.5) is 0 Å². The van der Waals surface area contributed by atoms with Crippen molar-refractivity contribution in [1.82, 2.24) is 9.88 Å². The third-order valence-corrected chi connectivity index (χ3v) is 5.20. The van der Waals surface area contributed by atoms with Gasteiger partial charge in [0, 0.05) is 35.2 Å². The van der Waals surface area contributed by atoms with Crippen LogP contribution in [0, 0.1) is 6.92 Å². The summed E-state index contributed by atoms with van der Waals surface area (Å²) in [7, 11) is 1.51. The number of carbonyl (C=O) groups excluding carboxylic acids is 1. The molecule has 0 bridgehead atoms. The Morgan fingerprint density at radius 1 is 1.32 bits per heavy atom. The van der Waals surface area contributed by atoms with Gasteiger partial charge in [-0.25, -0.2) is 4.98 Å². The number of ether oxygens (including phenoxy) is 1. The number of methoxy groups -OCH3 is 1. The van der Waals surface area contributed by atoms with Gasteiger partial charge in [-0.05, 0) is 31.2 Å². The lowest BCUT2D eigenvalue weighted by Gasteiger charge is -2.20. The van der Waals surface area contributed by atoms with Gasteiger partial charge in [0.25, 0.3) is 5.91 Å². The zero-order chi connectivity index (χ0) is 18.2. The second-order valence-corrected chi connectivity index (χ2v) is 7.40. The summed E-state index contributed by atoms with van der Waals surface area (Å²) in [6, 6.07) is 7.18. The number of rotatable bonds is 9. The first-order valence-corrected chi connectivity index (χ1v) is 9.50. The van der Waals surface area contributed by atoms with Crippen LogP contribution in [0.5, 0.6) is 0 Å². The zero-order valence-corrected chi connectivity index (χ0v) is 15.7. The molecule has 0 spiro atoms. The smallest absolute Gasteiger partial charge is 0.323 e. The fourth-order valence-corrected chi connectivity index (χ4v) is 3.63. The largest absolute Gasteiger partial charge is 0.480 e. The number of amides is 1. The molecule has 134 valence electrons. The summed E-state index contributed by atoms with van der Waals surface area (Å²) >= 11 is 3.27. The SMILES string of the molecule is COCCN(CC(=O)O)C(=O)c1ccc(SCc2csc(C)n2)cc1. The number of hydrogen-bond acceptors (Lipinski definition) is 6. The van der Waals surface area contributed by atoms with E-state index in [1.54, 1.807) is 35.2 Å². The molecule has 0 unspecified atom stereocenters. The van der Waals surface area contributed by atoms with Crippen LogP contribution in [0.15, 0.2) is 34.5 Å². The zero-order valence-electron chi connectivity index (χ0n) is 14.1. The third kappa shape index (κ3) is 6.15. The molecule has 0 aliphatic heterocycles. The van der Waals surface area contributed by atoms with Crippen LogP contribution >= 0.6 is 23.1 Å². The molecule has 2 aromatic rings. The highest BCUT2D eigenvalue weighted by Crippen LogP contribution is 2.24. The molecule has 0 fully saturated rings. The third-order valence-electron chi connectivity index (χ3n) is 3.33. The van der Waals surface area contributed by atoms with Crippen molar-refractivity contribution in [3.05, 3.63) is 45.9 Å². The minimum atomic E-state index is -1.05. The molecule has 0 atom stereocenters. The second-order valence-electron chi connectivity index (χ2n) is 5.28. The van der Waals surface area contributed by atoms with Crippen molar-refractivity contribution in [3.63, 3.8) is 0 Å². The summed E-state index contributed by atoms with van der Waals surface area (Å²) < 4.78 is 4.94.